The number of fused-ring (bicyclic) bond motifs is 1. The second-order valence-corrected chi connectivity index (χ2v) is 11.5. The van der Waals surface area contributed by atoms with Crippen molar-refractivity contribution in [3.05, 3.63) is 46.6 Å². The maximum absolute atomic E-state index is 12.9. The van der Waals surface area contributed by atoms with Gasteiger partial charge >= 0.3 is 6.03 Å². The Bertz CT molecular complexity index is 1090. The standard InChI is InChI=1S/C25H33ClN6O2S/c1-17-14-30(11-12-32(17)24(34)29-25(2,3)4)21-13-20(26)27-23(28-21)35-16-22(33)31-10-9-18-7-5-6-8-19(18)15-31/h5-8,13,17H,9-12,14-16H2,1-4H3,(H,29,34). The van der Waals surface area contributed by atoms with Gasteiger partial charge in [0.1, 0.15) is 11.0 Å². The number of nitrogens with one attached hydrogen (secondary N) is 1. The van der Waals surface area contributed by atoms with Crippen molar-refractivity contribution in [2.75, 3.05) is 36.8 Å². The Hall–Kier alpha value is -2.52. The highest BCUT2D eigenvalue weighted by Gasteiger charge is 2.30. The molecule has 0 aliphatic carbocycles. The van der Waals surface area contributed by atoms with E-state index in [4.69, 9.17) is 11.6 Å². The summed E-state index contributed by atoms with van der Waals surface area (Å²) in [4.78, 5) is 40.4. The number of hydrogen-bond donors (Lipinski definition) is 1. The average Bonchev–Trinajstić information content (AvgIpc) is 2.80. The van der Waals surface area contributed by atoms with Gasteiger partial charge < -0.3 is 20.0 Å². The lowest BCUT2D eigenvalue weighted by Crippen LogP contribution is -2.59. The summed E-state index contributed by atoms with van der Waals surface area (Å²) in [6, 6.07) is 9.97. The summed E-state index contributed by atoms with van der Waals surface area (Å²) < 4.78 is 0. The number of piperazine rings is 1. The Balaban J connectivity index is 1.35. The number of halogens is 1. The van der Waals surface area contributed by atoms with Gasteiger partial charge in [-0.3, -0.25) is 4.79 Å². The van der Waals surface area contributed by atoms with Crippen LogP contribution >= 0.6 is 23.4 Å². The van der Waals surface area contributed by atoms with Gasteiger partial charge in [0, 0.05) is 50.4 Å². The summed E-state index contributed by atoms with van der Waals surface area (Å²) in [5.41, 5.74) is 2.25. The number of aromatic nitrogens is 2. The van der Waals surface area contributed by atoms with E-state index in [2.05, 4.69) is 32.3 Å². The zero-order chi connectivity index (χ0) is 25.2. The number of urea groups is 1. The van der Waals surface area contributed by atoms with Gasteiger partial charge in [-0.05, 0) is 45.2 Å². The first kappa shape index (κ1) is 25.6. The number of thioether (sulfide) groups is 1. The maximum Gasteiger partial charge on any atom is 0.318 e. The summed E-state index contributed by atoms with van der Waals surface area (Å²) in [5, 5.41) is 3.86. The molecule has 1 N–H and O–H groups in total. The molecule has 35 heavy (non-hydrogen) atoms. The zero-order valence-electron chi connectivity index (χ0n) is 20.8. The SMILES string of the molecule is CC1CN(c2cc(Cl)nc(SCC(=O)N3CCc4ccccc4C3)n2)CCN1C(=O)NC(C)(C)C. The molecule has 2 aliphatic heterocycles. The number of anilines is 1. The van der Waals surface area contributed by atoms with Gasteiger partial charge in [0.25, 0.3) is 0 Å². The van der Waals surface area contributed by atoms with Crippen molar-refractivity contribution in [3.63, 3.8) is 0 Å². The van der Waals surface area contributed by atoms with Gasteiger partial charge in [-0.15, -0.1) is 0 Å². The van der Waals surface area contributed by atoms with E-state index < -0.39 is 0 Å². The third-order valence-electron chi connectivity index (χ3n) is 6.16. The molecule has 0 radical (unpaired) electrons. The van der Waals surface area contributed by atoms with Crippen LogP contribution in [0, 0.1) is 0 Å². The first-order chi connectivity index (χ1) is 16.6. The van der Waals surface area contributed by atoms with Crippen molar-refractivity contribution in [2.24, 2.45) is 0 Å². The third-order valence-corrected chi connectivity index (χ3v) is 7.19. The molecule has 2 aromatic rings. The molecule has 8 nitrogen and oxygen atoms in total. The second kappa shape index (κ2) is 10.6. The van der Waals surface area contributed by atoms with E-state index in [0.717, 1.165) is 18.8 Å². The summed E-state index contributed by atoms with van der Waals surface area (Å²) in [6.45, 7) is 11.2. The van der Waals surface area contributed by atoms with Gasteiger partial charge in [0.2, 0.25) is 5.91 Å². The van der Waals surface area contributed by atoms with Crippen molar-refractivity contribution in [3.8, 4) is 0 Å². The molecular formula is C25H33ClN6O2S. The fourth-order valence-electron chi connectivity index (χ4n) is 4.40. The summed E-state index contributed by atoms with van der Waals surface area (Å²) in [6.07, 6.45) is 0.877. The fraction of sp³-hybridized carbons (Fsp3) is 0.520. The van der Waals surface area contributed by atoms with Gasteiger partial charge in [0.05, 0.1) is 5.75 Å². The van der Waals surface area contributed by atoms with Gasteiger partial charge in [-0.2, -0.15) is 0 Å². The zero-order valence-corrected chi connectivity index (χ0v) is 22.3. The molecule has 3 heterocycles. The minimum Gasteiger partial charge on any atom is -0.353 e. The van der Waals surface area contributed by atoms with E-state index in [0.29, 0.717) is 36.5 Å². The monoisotopic (exact) mass is 516 g/mol. The highest BCUT2D eigenvalue weighted by Crippen LogP contribution is 2.25. The van der Waals surface area contributed by atoms with Crippen LogP contribution in [0.3, 0.4) is 0 Å². The summed E-state index contributed by atoms with van der Waals surface area (Å²) in [7, 11) is 0. The lowest BCUT2D eigenvalue weighted by Gasteiger charge is -2.41. The van der Waals surface area contributed by atoms with Gasteiger partial charge in [0.15, 0.2) is 5.16 Å². The van der Waals surface area contributed by atoms with Crippen LogP contribution in [0.2, 0.25) is 5.15 Å². The van der Waals surface area contributed by atoms with E-state index in [1.807, 2.05) is 49.6 Å². The molecule has 1 unspecified atom stereocenters. The normalized spacial score (nSPS) is 18.3. The van der Waals surface area contributed by atoms with Crippen molar-refractivity contribution in [2.45, 2.75) is 57.4 Å². The molecular weight excluding hydrogens is 484 g/mol. The topological polar surface area (TPSA) is 81.7 Å². The van der Waals surface area contributed by atoms with Crippen LogP contribution in [0.1, 0.15) is 38.8 Å². The summed E-state index contributed by atoms with van der Waals surface area (Å²) in [5.74, 6) is 1.05. The van der Waals surface area contributed by atoms with Gasteiger partial charge in [-0.1, -0.05) is 47.6 Å². The molecule has 0 bridgehead atoms. The second-order valence-electron chi connectivity index (χ2n) is 10.1. The summed E-state index contributed by atoms with van der Waals surface area (Å²) >= 11 is 7.63. The van der Waals surface area contributed by atoms with Crippen LogP contribution in [-0.4, -0.2) is 75.2 Å². The minimum atomic E-state index is -0.282. The van der Waals surface area contributed by atoms with Crippen molar-refractivity contribution < 1.29 is 9.59 Å². The van der Waals surface area contributed by atoms with E-state index >= 15 is 0 Å². The van der Waals surface area contributed by atoms with Crippen LogP contribution in [0.5, 0.6) is 0 Å². The Labute approximate surface area is 216 Å². The number of rotatable bonds is 4. The van der Waals surface area contributed by atoms with Crippen LogP contribution in [0.25, 0.3) is 0 Å². The van der Waals surface area contributed by atoms with Crippen molar-refractivity contribution in [1.82, 2.24) is 25.1 Å². The largest absolute Gasteiger partial charge is 0.353 e. The van der Waals surface area contributed by atoms with E-state index in [1.54, 1.807) is 6.07 Å². The molecule has 1 atom stereocenters. The number of carbonyl (C=O) groups excluding carboxylic acids is 2. The predicted molar refractivity (Wildman–Crippen MR) is 140 cm³/mol. The fourth-order valence-corrected chi connectivity index (χ4v) is 5.38. The molecule has 1 aromatic carbocycles. The Kier molecular flexibility index (Phi) is 7.76. The molecule has 188 valence electrons. The van der Waals surface area contributed by atoms with E-state index in [-0.39, 0.29) is 29.3 Å². The van der Waals surface area contributed by atoms with E-state index in [9.17, 15) is 9.59 Å². The van der Waals surface area contributed by atoms with E-state index in [1.165, 1.54) is 22.9 Å². The third kappa shape index (κ3) is 6.58. The number of carbonyl (C=O) groups is 2. The number of hydrogen-bond acceptors (Lipinski definition) is 6. The first-order valence-corrected chi connectivity index (χ1v) is 13.3. The number of benzene rings is 1. The Morgan fingerprint density at radius 2 is 1.89 bits per heavy atom. The molecule has 4 rings (SSSR count). The average molecular weight is 517 g/mol. The molecule has 1 fully saturated rings. The lowest BCUT2D eigenvalue weighted by molar-refractivity contribution is -0.129. The molecule has 1 saturated heterocycles. The molecule has 0 saturated carbocycles. The minimum absolute atomic E-state index is 0.0134. The number of nitrogens with zero attached hydrogens (tertiary/aromatic N) is 5. The van der Waals surface area contributed by atoms with Crippen LogP contribution in [0.15, 0.2) is 35.5 Å². The molecule has 2 aliphatic rings. The molecule has 3 amide bonds. The Morgan fingerprint density at radius 3 is 2.60 bits per heavy atom. The molecule has 1 aromatic heterocycles. The van der Waals surface area contributed by atoms with Crippen LogP contribution in [0.4, 0.5) is 10.6 Å². The van der Waals surface area contributed by atoms with Crippen molar-refractivity contribution in [1.29, 1.82) is 0 Å². The van der Waals surface area contributed by atoms with Crippen LogP contribution in [-0.2, 0) is 17.8 Å². The number of amides is 3. The van der Waals surface area contributed by atoms with Gasteiger partial charge in [-0.25, -0.2) is 14.8 Å². The Morgan fingerprint density at radius 1 is 1.14 bits per heavy atom. The van der Waals surface area contributed by atoms with Crippen molar-refractivity contribution >= 4 is 41.1 Å². The lowest BCUT2D eigenvalue weighted by atomic mass is 10.00. The molecule has 10 heteroatoms. The first-order valence-electron chi connectivity index (χ1n) is 11.9. The highest BCUT2D eigenvalue weighted by atomic mass is 35.5. The highest BCUT2D eigenvalue weighted by molar-refractivity contribution is 7.99. The van der Waals surface area contributed by atoms with Crippen LogP contribution < -0.4 is 10.2 Å². The quantitative estimate of drug-likeness (QED) is 0.378. The predicted octanol–water partition coefficient (Wildman–Crippen LogP) is 3.83. The molecule has 0 spiro atoms. The maximum atomic E-state index is 12.9. The smallest absolute Gasteiger partial charge is 0.318 e.